The van der Waals surface area contributed by atoms with Gasteiger partial charge in [-0.05, 0) is 37.6 Å². The topological polar surface area (TPSA) is 86.6 Å². The van der Waals surface area contributed by atoms with Crippen molar-refractivity contribution in [3.8, 4) is 5.75 Å². The van der Waals surface area contributed by atoms with Crippen molar-refractivity contribution in [2.75, 3.05) is 20.3 Å². The molecule has 1 fully saturated rings. The van der Waals surface area contributed by atoms with Crippen molar-refractivity contribution in [2.24, 2.45) is 11.1 Å². The third-order valence-electron chi connectivity index (χ3n) is 5.37. The maximum absolute atomic E-state index is 14.9. The van der Waals surface area contributed by atoms with Gasteiger partial charge in [0, 0.05) is 5.56 Å². The van der Waals surface area contributed by atoms with Gasteiger partial charge in [0.15, 0.2) is 18.2 Å². The molecule has 0 spiro atoms. The van der Waals surface area contributed by atoms with Gasteiger partial charge in [0.2, 0.25) is 0 Å². The average Bonchev–Trinajstić information content (AvgIpc) is 3.30. The third kappa shape index (κ3) is 2.67. The third-order valence-corrected chi connectivity index (χ3v) is 5.37. The first-order valence-corrected chi connectivity index (χ1v) is 8.65. The molecule has 2 aliphatic heterocycles. The Balaban J connectivity index is 1.86. The molecule has 0 aromatic heterocycles. The maximum Gasteiger partial charge on any atom is 0.188 e. The molecular formula is C19H20FNO6. The fraction of sp³-hybridized carbons (Fsp3) is 0.474. The van der Waals surface area contributed by atoms with Crippen LogP contribution in [0.25, 0.3) is 0 Å². The van der Waals surface area contributed by atoms with Crippen molar-refractivity contribution in [3.05, 3.63) is 40.7 Å². The summed E-state index contributed by atoms with van der Waals surface area (Å²) in [5, 5.41) is 14.8. The van der Waals surface area contributed by atoms with Gasteiger partial charge in [-0.25, -0.2) is 4.39 Å². The average molecular weight is 377 g/mol. The van der Waals surface area contributed by atoms with Gasteiger partial charge in [0.25, 0.3) is 0 Å². The molecule has 0 saturated carbocycles. The van der Waals surface area contributed by atoms with E-state index >= 15 is 0 Å². The van der Waals surface area contributed by atoms with Crippen LogP contribution in [0.4, 0.5) is 4.39 Å². The van der Waals surface area contributed by atoms with Crippen LogP contribution < -0.4 is 4.74 Å². The zero-order valence-corrected chi connectivity index (χ0v) is 15.2. The van der Waals surface area contributed by atoms with Gasteiger partial charge in [-0.15, -0.1) is 0 Å². The predicted molar refractivity (Wildman–Crippen MR) is 91.9 cm³/mol. The van der Waals surface area contributed by atoms with E-state index in [0.717, 1.165) is 0 Å². The van der Waals surface area contributed by atoms with Crippen LogP contribution in [0.15, 0.2) is 28.9 Å². The van der Waals surface area contributed by atoms with Gasteiger partial charge in [0.05, 0.1) is 25.9 Å². The molecule has 0 bridgehead atoms. The van der Waals surface area contributed by atoms with Crippen LogP contribution in [0.5, 0.6) is 5.75 Å². The lowest BCUT2D eigenvalue weighted by Gasteiger charge is -2.35. The summed E-state index contributed by atoms with van der Waals surface area (Å²) in [6, 6.07) is 2.70. The number of carbonyl (C=O) groups excluding carboxylic acids is 1. The zero-order valence-electron chi connectivity index (χ0n) is 15.2. The molecule has 1 saturated heterocycles. The number of ether oxygens (including phenoxy) is 3. The summed E-state index contributed by atoms with van der Waals surface area (Å²) >= 11 is 0. The molecule has 27 heavy (non-hydrogen) atoms. The monoisotopic (exact) mass is 377 g/mol. The number of halogens is 1. The molecule has 2 heterocycles. The highest BCUT2D eigenvalue weighted by molar-refractivity contribution is 6.19. The first-order chi connectivity index (χ1) is 12.9. The summed E-state index contributed by atoms with van der Waals surface area (Å²) in [6.07, 6.45) is -0.427. The number of ketones is 1. The van der Waals surface area contributed by atoms with Gasteiger partial charge < -0.3 is 24.2 Å². The van der Waals surface area contributed by atoms with E-state index < -0.39 is 29.7 Å². The minimum atomic E-state index is -1.40. The van der Waals surface area contributed by atoms with Gasteiger partial charge in [-0.2, -0.15) is 0 Å². The van der Waals surface area contributed by atoms with E-state index in [1.165, 1.54) is 25.3 Å². The highest BCUT2D eigenvalue weighted by Crippen LogP contribution is 2.43. The summed E-state index contributed by atoms with van der Waals surface area (Å²) in [5.74, 6) is -1.50. The van der Waals surface area contributed by atoms with Crippen molar-refractivity contribution in [3.63, 3.8) is 0 Å². The lowest BCUT2D eigenvalue weighted by Crippen LogP contribution is -2.51. The molecule has 8 heteroatoms. The molecule has 0 unspecified atom stereocenters. The summed E-state index contributed by atoms with van der Waals surface area (Å²) in [6.45, 7) is 3.91. The van der Waals surface area contributed by atoms with Gasteiger partial charge in [0.1, 0.15) is 28.8 Å². The van der Waals surface area contributed by atoms with Crippen LogP contribution in [0.2, 0.25) is 0 Å². The smallest absolute Gasteiger partial charge is 0.188 e. The maximum atomic E-state index is 14.9. The SMILES string of the molecule is COc1ccc(F)c(C2=NO[C@@H]3[C@H]2C(=O)C=C(C)[C@]3(C)O)c1C1OCCO1. The number of rotatable bonds is 3. The normalized spacial score (nSPS) is 30.6. The number of benzene rings is 1. The number of hydrogen-bond donors (Lipinski definition) is 1. The Morgan fingerprint density at radius 1 is 1.33 bits per heavy atom. The number of allylic oxidation sites excluding steroid dienone is 1. The molecule has 7 nitrogen and oxygen atoms in total. The van der Waals surface area contributed by atoms with Crippen LogP contribution in [0, 0.1) is 11.7 Å². The molecule has 1 aromatic rings. The van der Waals surface area contributed by atoms with E-state index in [1.54, 1.807) is 13.8 Å². The van der Waals surface area contributed by atoms with Crippen molar-refractivity contribution in [1.29, 1.82) is 0 Å². The molecule has 1 aromatic carbocycles. The van der Waals surface area contributed by atoms with E-state index in [0.29, 0.717) is 30.1 Å². The molecule has 1 aliphatic carbocycles. The minimum absolute atomic E-state index is 0.0471. The summed E-state index contributed by atoms with van der Waals surface area (Å²) in [5.41, 5.74) is -0.472. The first kappa shape index (κ1) is 18.1. The van der Waals surface area contributed by atoms with Crippen LogP contribution in [-0.2, 0) is 19.1 Å². The molecular weight excluding hydrogens is 357 g/mol. The van der Waals surface area contributed by atoms with Gasteiger partial charge in [-0.3, -0.25) is 4.79 Å². The quantitative estimate of drug-likeness (QED) is 0.866. The van der Waals surface area contributed by atoms with E-state index in [2.05, 4.69) is 5.16 Å². The Morgan fingerprint density at radius 3 is 2.70 bits per heavy atom. The van der Waals surface area contributed by atoms with Crippen LogP contribution in [0.3, 0.4) is 0 Å². The Bertz CT molecular complexity index is 856. The molecule has 3 aliphatic rings. The van der Waals surface area contributed by atoms with Crippen LogP contribution in [-0.4, -0.2) is 48.6 Å². The van der Waals surface area contributed by atoms with Gasteiger partial charge >= 0.3 is 0 Å². The lowest BCUT2D eigenvalue weighted by atomic mass is 9.73. The number of aliphatic hydroxyl groups is 1. The Hall–Kier alpha value is -2.29. The predicted octanol–water partition coefficient (Wildman–Crippen LogP) is 1.88. The second-order valence-corrected chi connectivity index (χ2v) is 6.97. The first-order valence-electron chi connectivity index (χ1n) is 8.65. The molecule has 0 radical (unpaired) electrons. The number of methoxy groups -OCH3 is 1. The highest BCUT2D eigenvalue weighted by Gasteiger charge is 2.54. The van der Waals surface area contributed by atoms with E-state index in [4.69, 9.17) is 19.0 Å². The van der Waals surface area contributed by atoms with Crippen molar-refractivity contribution >= 4 is 11.5 Å². The summed E-state index contributed by atoms with van der Waals surface area (Å²) in [7, 11) is 1.45. The Labute approximate surface area is 155 Å². The lowest BCUT2D eigenvalue weighted by molar-refractivity contribution is -0.130. The second-order valence-electron chi connectivity index (χ2n) is 6.97. The van der Waals surface area contributed by atoms with Crippen molar-refractivity contribution < 1.29 is 33.3 Å². The summed E-state index contributed by atoms with van der Waals surface area (Å²) < 4.78 is 31.4. The second kappa shape index (κ2) is 6.40. The molecule has 4 rings (SSSR count). The summed E-state index contributed by atoms with van der Waals surface area (Å²) in [4.78, 5) is 18.1. The number of oxime groups is 1. The Kier molecular flexibility index (Phi) is 4.29. The number of carbonyl (C=O) groups is 1. The number of hydrogen-bond acceptors (Lipinski definition) is 7. The van der Waals surface area contributed by atoms with E-state index in [-0.39, 0.29) is 17.1 Å². The van der Waals surface area contributed by atoms with E-state index in [9.17, 15) is 14.3 Å². The number of fused-ring (bicyclic) bond motifs is 1. The van der Waals surface area contributed by atoms with Gasteiger partial charge in [-0.1, -0.05) is 5.16 Å². The molecule has 144 valence electrons. The zero-order chi connectivity index (χ0) is 19.3. The molecule has 0 amide bonds. The largest absolute Gasteiger partial charge is 0.496 e. The van der Waals surface area contributed by atoms with E-state index in [1.807, 2.05) is 0 Å². The standard InChI is InChI=1S/C19H20FNO6/c1-9-8-11(22)14-16(21-27-17(14)19(9,2)23)13-10(20)4-5-12(24-3)15(13)18-25-6-7-26-18/h4-5,8,14,17-18,23H,6-7H2,1-3H3/t14-,17+,19-/m0/s1. The minimum Gasteiger partial charge on any atom is -0.496 e. The number of nitrogens with zero attached hydrogens (tertiary/aromatic N) is 1. The highest BCUT2D eigenvalue weighted by atomic mass is 19.1. The molecule has 1 N–H and O–H groups in total. The van der Waals surface area contributed by atoms with Crippen molar-refractivity contribution in [1.82, 2.24) is 0 Å². The van der Waals surface area contributed by atoms with Crippen LogP contribution >= 0.6 is 0 Å². The van der Waals surface area contributed by atoms with Crippen molar-refractivity contribution in [2.45, 2.75) is 31.8 Å². The fourth-order valence-electron chi connectivity index (χ4n) is 3.73. The Morgan fingerprint density at radius 2 is 2.04 bits per heavy atom. The van der Waals surface area contributed by atoms with Crippen LogP contribution in [0.1, 0.15) is 31.3 Å². The fourth-order valence-corrected chi connectivity index (χ4v) is 3.73. The molecule has 3 atom stereocenters.